The zero-order valence-electron chi connectivity index (χ0n) is 17.2. The van der Waals surface area contributed by atoms with E-state index in [9.17, 15) is 18.8 Å². The van der Waals surface area contributed by atoms with E-state index in [1.165, 1.54) is 18.2 Å². The number of hydrogen-bond donors (Lipinski definition) is 1. The number of imide groups is 2. The molecule has 0 atom stereocenters. The van der Waals surface area contributed by atoms with Gasteiger partial charge in [-0.2, -0.15) is 0 Å². The van der Waals surface area contributed by atoms with Crippen LogP contribution < -0.4 is 15.0 Å². The molecule has 10 heteroatoms. The molecule has 0 spiro atoms. The number of barbiturate groups is 1. The molecule has 1 fully saturated rings. The quantitative estimate of drug-likeness (QED) is 0.196. The highest BCUT2D eigenvalue weighted by Gasteiger charge is 2.36. The fourth-order valence-corrected chi connectivity index (χ4v) is 5.62. The number of urea groups is 1. The molecule has 1 N–H and O–H groups in total. The smallest absolute Gasteiger partial charge is 0.335 e. The molecule has 4 rings (SSSR count). The van der Waals surface area contributed by atoms with Crippen molar-refractivity contribution in [1.82, 2.24) is 5.32 Å². The summed E-state index contributed by atoms with van der Waals surface area (Å²) in [7, 11) is 0. The Morgan fingerprint density at radius 3 is 2.32 bits per heavy atom. The van der Waals surface area contributed by atoms with Crippen LogP contribution in [-0.2, 0) is 16.2 Å². The van der Waals surface area contributed by atoms with Gasteiger partial charge in [0, 0.05) is 4.47 Å². The lowest BCUT2D eigenvalue weighted by atomic mass is 10.1. The molecule has 1 heterocycles. The minimum atomic E-state index is -0.806. The Kier molecular flexibility index (Phi) is 7.67. The zero-order valence-corrected chi connectivity index (χ0v) is 23.1. The van der Waals surface area contributed by atoms with Crippen molar-refractivity contribution in [3.8, 4) is 5.75 Å². The first-order chi connectivity index (χ1) is 16.2. The lowest BCUT2D eigenvalue weighted by Crippen LogP contribution is -2.54. The van der Waals surface area contributed by atoms with Gasteiger partial charge < -0.3 is 4.74 Å². The number of hydrogen-bond acceptors (Lipinski definition) is 4. The first-order valence-corrected chi connectivity index (χ1v) is 12.7. The normalized spacial score (nSPS) is 15.0. The number of rotatable bonds is 5. The van der Waals surface area contributed by atoms with Gasteiger partial charge in [-0.3, -0.25) is 14.9 Å². The highest BCUT2D eigenvalue weighted by Crippen LogP contribution is 2.31. The van der Waals surface area contributed by atoms with E-state index < -0.39 is 17.8 Å². The maximum Gasteiger partial charge on any atom is 0.335 e. The largest absolute Gasteiger partial charge is 0.487 e. The van der Waals surface area contributed by atoms with Crippen molar-refractivity contribution in [1.29, 1.82) is 0 Å². The number of anilines is 1. The first kappa shape index (κ1) is 24.8. The van der Waals surface area contributed by atoms with Crippen LogP contribution in [0.25, 0.3) is 6.08 Å². The summed E-state index contributed by atoms with van der Waals surface area (Å²) in [5, 5.41) is 2.21. The Bertz CT molecular complexity index is 1320. The summed E-state index contributed by atoms with van der Waals surface area (Å²) in [6.45, 7) is 0.190. The Balaban J connectivity index is 1.60. The second-order valence-corrected chi connectivity index (χ2v) is 10.4. The third-order valence-corrected chi connectivity index (χ3v) is 6.92. The van der Waals surface area contributed by atoms with Crippen LogP contribution in [0, 0.1) is 13.0 Å². The third-order valence-electron chi connectivity index (χ3n) is 4.79. The number of carbonyl (C=O) groups is 3. The van der Waals surface area contributed by atoms with Crippen molar-refractivity contribution in [3.05, 3.63) is 94.8 Å². The first-order valence-electron chi connectivity index (χ1n) is 9.76. The van der Waals surface area contributed by atoms with Gasteiger partial charge in [0.2, 0.25) is 0 Å². The van der Waals surface area contributed by atoms with Gasteiger partial charge in [-0.05, 0) is 111 Å². The SMILES string of the molecule is O=C1NC(=O)N(c2ccc(Br)cc2)C(=O)/C1=C/c1cc(I)c(OCc2cccc(F)c2)c(I)c1. The van der Waals surface area contributed by atoms with Crippen LogP contribution in [0.5, 0.6) is 5.75 Å². The summed E-state index contributed by atoms with van der Waals surface area (Å²) in [5.74, 6) is -1.20. The van der Waals surface area contributed by atoms with E-state index in [0.29, 0.717) is 22.6 Å². The maximum absolute atomic E-state index is 13.4. The number of benzene rings is 3. The molecule has 0 unspecified atom stereocenters. The van der Waals surface area contributed by atoms with Crippen LogP contribution in [0.4, 0.5) is 14.9 Å². The molecule has 0 aliphatic carbocycles. The molecule has 1 aliphatic rings. The van der Waals surface area contributed by atoms with Crippen LogP contribution in [0.2, 0.25) is 0 Å². The van der Waals surface area contributed by atoms with Crippen LogP contribution >= 0.6 is 61.1 Å². The minimum Gasteiger partial charge on any atom is -0.487 e. The zero-order chi connectivity index (χ0) is 24.4. The second-order valence-electron chi connectivity index (χ2n) is 7.17. The second kappa shape index (κ2) is 10.5. The fourth-order valence-electron chi connectivity index (χ4n) is 3.23. The van der Waals surface area contributed by atoms with Crippen LogP contribution in [0.3, 0.4) is 0 Å². The fraction of sp³-hybridized carbons (Fsp3) is 0.0417. The molecule has 4 amide bonds. The Hall–Kier alpha value is -2.32. The van der Waals surface area contributed by atoms with Crippen LogP contribution in [0.15, 0.2) is 70.7 Å². The van der Waals surface area contributed by atoms with Crippen LogP contribution in [-0.4, -0.2) is 17.8 Å². The van der Waals surface area contributed by atoms with E-state index in [4.69, 9.17) is 4.74 Å². The molecular weight excluding hydrogens is 733 g/mol. The molecule has 0 aromatic heterocycles. The van der Waals surface area contributed by atoms with Gasteiger partial charge in [0.25, 0.3) is 11.8 Å². The van der Waals surface area contributed by atoms with E-state index in [1.807, 2.05) is 0 Å². The summed E-state index contributed by atoms with van der Waals surface area (Å²) >= 11 is 7.51. The molecule has 6 nitrogen and oxygen atoms in total. The topological polar surface area (TPSA) is 75.7 Å². The molecule has 172 valence electrons. The van der Waals surface area contributed by atoms with Gasteiger partial charge in [-0.25, -0.2) is 14.1 Å². The number of nitrogens with zero attached hydrogens (tertiary/aromatic N) is 1. The van der Waals surface area contributed by atoms with Crippen molar-refractivity contribution in [2.75, 3.05) is 4.90 Å². The Morgan fingerprint density at radius 2 is 1.68 bits per heavy atom. The molecule has 3 aromatic carbocycles. The third kappa shape index (κ3) is 5.49. The highest BCUT2D eigenvalue weighted by molar-refractivity contribution is 14.1. The van der Waals surface area contributed by atoms with Gasteiger partial charge in [0.1, 0.15) is 23.7 Å². The standard InChI is InChI=1S/C24H14BrFI2N2O4/c25-15-4-6-17(7-5-15)30-23(32)18(22(31)29-24(30)33)9-14-10-19(27)21(20(28)11-14)34-12-13-2-1-3-16(26)8-13/h1-11H,12H2,(H,29,31,33)/b18-9+. The molecule has 34 heavy (non-hydrogen) atoms. The van der Waals surface area contributed by atoms with Crippen molar-refractivity contribution >= 4 is 90.7 Å². The average molecular weight is 747 g/mol. The predicted octanol–water partition coefficient (Wildman–Crippen LogP) is 6.04. The van der Waals surface area contributed by atoms with Gasteiger partial charge in [-0.1, -0.05) is 28.1 Å². The Labute approximate surface area is 230 Å². The van der Waals surface area contributed by atoms with Crippen molar-refractivity contribution in [3.63, 3.8) is 0 Å². The summed E-state index contributed by atoms with van der Waals surface area (Å²) in [4.78, 5) is 38.8. The van der Waals surface area contributed by atoms with Crippen molar-refractivity contribution in [2.45, 2.75) is 6.61 Å². The molecule has 3 aromatic rings. The molecule has 1 saturated heterocycles. The lowest BCUT2D eigenvalue weighted by Gasteiger charge is -2.26. The van der Waals surface area contributed by atoms with Gasteiger partial charge in [0.15, 0.2) is 0 Å². The monoisotopic (exact) mass is 746 g/mol. The number of nitrogens with one attached hydrogen (secondary N) is 1. The van der Waals surface area contributed by atoms with E-state index in [-0.39, 0.29) is 18.0 Å². The molecule has 1 aliphatic heterocycles. The summed E-state index contributed by atoms with van der Waals surface area (Å²) in [6, 6.07) is 15.5. The predicted molar refractivity (Wildman–Crippen MR) is 146 cm³/mol. The van der Waals surface area contributed by atoms with Crippen molar-refractivity contribution < 1.29 is 23.5 Å². The number of amides is 4. The minimum absolute atomic E-state index is 0.164. The summed E-state index contributed by atoms with van der Waals surface area (Å²) in [6.07, 6.45) is 1.44. The van der Waals surface area contributed by atoms with Gasteiger partial charge in [0.05, 0.1) is 12.8 Å². The van der Waals surface area contributed by atoms with E-state index >= 15 is 0 Å². The van der Waals surface area contributed by atoms with Crippen molar-refractivity contribution in [2.24, 2.45) is 0 Å². The number of ether oxygens (including phenoxy) is 1. The molecule has 0 radical (unpaired) electrons. The molecular formula is C24H14BrFI2N2O4. The maximum atomic E-state index is 13.4. The van der Waals surface area contributed by atoms with E-state index in [2.05, 4.69) is 66.4 Å². The van der Waals surface area contributed by atoms with Gasteiger partial charge >= 0.3 is 6.03 Å². The number of halogens is 4. The summed E-state index contributed by atoms with van der Waals surface area (Å²) in [5.41, 5.74) is 1.47. The van der Waals surface area contributed by atoms with Gasteiger partial charge in [-0.15, -0.1) is 0 Å². The highest BCUT2D eigenvalue weighted by atomic mass is 127. The molecule has 0 saturated carbocycles. The Morgan fingerprint density at radius 1 is 1.00 bits per heavy atom. The lowest BCUT2D eigenvalue weighted by molar-refractivity contribution is -0.122. The van der Waals surface area contributed by atoms with E-state index in [1.54, 1.807) is 48.5 Å². The van der Waals surface area contributed by atoms with Crippen LogP contribution in [0.1, 0.15) is 11.1 Å². The molecule has 0 bridgehead atoms. The average Bonchev–Trinajstić information content (AvgIpc) is 2.77. The van der Waals surface area contributed by atoms with E-state index in [0.717, 1.165) is 16.5 Å². The summed E-state index contributed by atoms with van der Waals surface area (Å²) < 4.78 is 21.6. The number of carbonyl (C=O) groups excluding carboxylic acids is 3.